The molecule has 1 aliphatic rings. The van der Waals surface area contributed by atoms with Crippen LogP contribution in [-0.2, 0) is 19.6 Å². The fraction of sp³-hybridized carbons (Fsp3) is 0.385. The third-order valence-corrected chi connectivity index (χ3v) is 5.89. The summed E-state index contributed by atoms with van der Waals surface area (Å²) >= 11 is 5.92. The largest absolute Gasteiger partial charge is 0.480 e. The molecule has 1 saturated heterocycles. The van der Waals surface area contributed by atoms with E-state index in [1.165, 1.54) is 30.0 Å². The molecule has 1 heterocycles. The van der Waals surface area contributed by atoms with E-state index in [9.17, 15) is 23.1 Å². The van der Waals surface area contributed by atoms with Crippen LogP contribution in [0.2, 0.25) is 5.02 Å². The van der Waals surface area contributed by atoms with Gasteiger partial charge in [0.15, 0.2) is 0 Å². The number of piperazine rings is 1. The summed E-state index contributed by atoms with van der Waals surface area (Å²) in [5, 5.41) is 9.34. The van der Waals surface area contributed by atoms with Crippen molar-refractivity contribution in [2.75, 3.05) is 19.6 Å². The number of carbonyl (C=O) groups is 2. The quantitative estimate of drug-likeness (QED) is 0.866. The van der Waals surface area contributed by atoms with Gasteiger partial charge in [0.1, 0.15) is 10.9 Å². The Bertz CT molecular complexity index is 706. The molecule has 0 radical (unpaired) electrons. The summed E-state index contributed by atoms with van der Waals surface area (Å²) in [4.78, 5) is 24.0. The van der Waals surface area contributed by atoms with Crippen LogP contribution in [0.1, 0.15) is 6.92 Å². The third kappa shape index (κ3) is 3.08. The van der Waals surface area contributed by atoms with Crippen LogP contribution in [0.3, 0.4) is 0 Å². The second kappa shape index (κ2) is 6.23. The van der Waals surface area contributed by atoms with Crippen molar-refractivity contribution in [2.24, 2.45) is 0 Å². The van der Waals surface area contributed by atoms with Gasteiger partial charge in [-0.1, -0.05) is 23.7 Å². The SMILES string of the molecule is CC(=O)N1CCN(S(=O)(=O)c2ccccc2Cl)C(C(=O)O)C1. The number of hydrogen-bond acceptors (Lipinski definition) is 4. The van der Waals surface area contributed by atoms with Gasteiger partial charge in [0.2, 0.25) is 15.9 Å². The van der Waals surface area contributed by atoms with Crippen LogP contribution in [0.4, 0.5) is 0 Å². The minimum absolute atomic E-state index is 0.0284. The number of nitrogens with zero attached hydrogens (tertiary/aromatic N) is 2. The van der Waals surface area contributed by atoms with E-state index >= 15 is 0 Å². The number of sulfonamides is 1. The number of aliphatic carboxylic acids is 1. The Morgan fingerprint density at radius 3 is 2.45 bits per heavy atom. The van der Waals surface area contributed by atoms with Crippen LogP contribution < -0.4 is 0 Å². The molecule has 0 aromatic heterocycles. The Labute approximate surface area is 133 Å². The van der Waals surface area contributed by atoms with Gasteiger partial charge in [-0.3, -0.25) is 9.59 Å². The zero-order valence-electron chi connectivity index (χ0n) is 11.8. The van der Waals surface area contributed by atoms with Gasteiger partial charge in [0.05, 0.1) is 5.02 Å². The zero-order chi connectivity index (χ0) is 16.5. The zero-order valence-corrected chi connectivity index (χ0v) is 13.3. The van der Waals surface area contributed by atoms with Crippen molar-refractivity contribution in [1.82, 2.24) is 9.21 Å². The summed E-state index contributed by atoms with van der Waals surface area (Å²) in [5.74, 6) is -1.59. The van der Waals surface area contributed by atoms with Gasteiger partial charge in [-0.2, -0.15) is 4.31 Å². The number of carboxylic acids is 1. The van der Waals surface area contributed by atoms with E-state index in [0.717, 1.165) is 4.31 Å². The van der Waals surface area contributed by atoms with Crippen LogP contribution in [0.15, 0.2) is 29.2 Å². The molecule has 120 valence electrons. The maximum absolute atomic E-state index is 12.7. The lowest BCUT2D eigenvalue weighted by atomic mass is 10.2. The summed E-state index contributed by atoms with van der Waals surface area (Å²) in [6.45, 7) is 1.18. The molecule has 0 saturated carbocycles. The molecule has 2 rings (SSSR count). The predicted molar refractivity (Wildman–Crippen MR) is 79.0 cm³/mol. The van der Waals surface area contributed by atoms with Crippen molar-refractivity contribution in [2.45, 2.75) is 17.9 Å². The van der Waals surface area contributed by atoms with Gasteiger partial charge in [0, 0.05) is 26.6 Å². The highest BCUT2D eigenvalue weighted by Gasteiger charge is 2.41. The van der Waals surface area contributed by atoms with Crippen molar-refractivity contribution in [3.05, 3.63) is 29.3 Å². The molecule has 9 heteroatoms. The summed E-state index contributed by atoms with van der Waals surface area (Å²) in [7, 11) is -4.05. The molecule has 1 N–H and O–H groups in total. The molecular weight excluding hydrogens is 332 g/mol. The molecule has 0 spiro atoms. The molecule has 1 unspecified atom stereocenters. The Morgan fingerprint density at radius 2 is 1.91 bits per heavy atom. The van der Waals surface area contributed by atoms with Gasteiger partial charge in [-0.15, -0.1) is 0 Å². The highest BCUT2D eigenvalue weighted by molar-refractivity contribution is 7.89. The molecule has 1 fully saturated rings. The number of amides is 1. The first-order valence-electron chi connectivity index (χ1n) is 6.50. The van der Waals surface area contributed by atoms with Crippen LogP contribution in [-0.4, -0.2) is 60.3 Å². The Kier molecular flexibility index (Phi) is 4.74. The second-order valence-electron chi connectivity index (χ2n) is 4.87. The number of rotatable bonds is 3. The molecule has 0 aliphatic carbocycles. The standard InChI is InChI=1S/C13H15ClN2O5S/c1-9(17)15-6-7-16(11(8-15)13(18)19)22(20,21)12-5-3-2-4-10(12)14/h2-5,11H,6-8H2,1H3,(H,18,19). The average Bonchev–Trinajstić information content (AvgIpc) is 2.46. The molecule has 1 aliphatic heterocycles. The van der Waals surface area contributed by atoms with E-state index in [-0.39, 0.29) is 35.5 Å². The molecule has 22 heavy (non-hydrogen) atoms. The Hall–Kier alpha value is -1.64. The van der Waals surface area contributed by atoms with Gasteiger partial charge in [-0.05, 0) is 12.1 Å². The van der Waals surface area contributed by atoms with Crippen LogP contribution in [0, 0.1) is 0 Å². The Balaban J connectivity index is 2.40. The van der Waals surface area contributed by atoms with Crippen LogP contribution in [0.5, 0.6) is 0 Å². The monoisotopic (exact) mass is 346 g/mol. The number of halogens is 1. The Morgan fingerprint density at radius 1 is 1.27 bits per heavy atom. The summed E-state index contributed by atoms with van der Waals surface area (Å²) in [6.07, 6.45) is 0. The molecule has 0 bridgehead atoms. The number of carboxylic acid groups (broad SMARTS) is 1. The van der Waals surface area contributed by atoms with Crippen molar-refractivity contribution in [3.63, 3.8) is 0 Å². The van der Waals surface area contributed by atoms with Crippen molar-refractivity contribution in [3.8, 4) is 0 Å². The maximum atomic E-state index is 12.7. The minimum Gasteiger partial charge on any atom is -0.480 e. The van der Waals surface area contributed by atoms with Crippen molar-refractivity contribution < 1.29 is 23.1 Å². The minimum atomic E-state index is -4.05. The van der Waals surface area contributed by atoms with E-state index in [4.69, 9.17) is 11.6 Å². The van der Waals surface area contributed by atoms with Gasteiger partial charge in [0.25, 0.3) is 0 Å². The van der Waals surface area contributed by atoms with E-state index < -0.39 is 22.0 Å². The van der Waals surface area contributed by atoms with E-state index in [2.05, 4.69) is 0 Å². The van der Waals surface area contributed by atoms with Crippen LogP contribution >= 0.6 is 11.6 Å². The maximum Gasteiger partial charge on any atom is 0.323 e. The number of hydrogen-bond donors (Lipinski definition) is 1. The topological polar surface area (TPSA) is 95.0 Å². The predicted octanol–water partition coefficient (Wildman–Crippen LogP) is 0.646. The second-order valence-corrected chi connectivity index (χ2v) is 7.13. The smallest absolute Gasteiger partial charge is 0.323 e. The molecule has 1 atom stereocenters. The average molecular weight is 347 g/mol. The summed E-state index contributed by atoms with van der Waals surface area (Å²) in [6, 6.07) is 4.52. The number of carbonyl (C=O) groups excluding carboxylic acids is 1. The highest BCUT2D eigenvalue weighted by Crippen LogP contribution is 2.27. The molecule has 1 amide bonds. The third-order valence-electron chi connectivity index (χ3n) is 3.48. The molecule has 1 aromatic rings. The van der Waals surface area contributed by atoms with Gasteiger partial charge < -0.3 is 10.0 Å². The van der Waals surface area contributed by atoms with E-state index in [1.807, 2.05) is 0 Å². The fourth-order valence-corrected chi connectivity index (χ4v) is 4.38. The van der Waals surface area contributed by atoms with Crippen molar-refractivity contribution >= 4 is 33.5 Å². The van der Waals surface area contributed by atoms with Gasteiger partial charge in [-0.25, -0.2) is 8.42 Å². The lowest BCUT2D eigenvalue weighted by molar-refractivity contribution is -0.145. The summed E-state index contributed by atoms with van der Waals surface area (Å²) < 4.78 is 26.2. The lowest BCUT2D eigenvalue weighted by Gasteiger charge is -2.38. The van der Waals surface area contributed by atoms with Crippen molar-refractivity contribution in [1.29, 1.82) is 0 Å². The molecular formula is C13H15ClN2O5S. The molecule has 7 nitrogen and oxygen atoms in total. The highest BCUT2D eigenvalue weighted by atomic mass is 35.5. The fourth-order valence-electron chi connectivity index (χ4n) is 2.32. The molecule has 1 aromatic carbocycles. The summed E-state index contributed by atoms with van der Waals surface area (Å²) in [5.41, 5.74) is 0. The first-order valence-corrected chi connectivity index (χ1v) is 8.31. The first-order chi connectivity index (χ1) is 10.2. The lowest BCUT2D eigenvalue weighted by Crippen LogP contribution is -2.58. The van der Waals surface area contributed by atoms with E-state index in [1.54, 1.807) is 6.07 Å². The van der Waals surface area contributed by atoms with E-state index in [0.29, 0.717) is 0 Å². The van der Waals surface area contributed by atoms with Crippen LogP contribution in [0.25, 0.3) is 0 Å². The van der Waals surface area contributed by atoms with Gasteiger partial charge >= 0.3 is 5.97 Å². The first kappa shape index (κ1) is 16.7. The normalized spacial score (nSPS) is 19.9. The number of benzene rings is 1.